The van der Waals surface area contributed by atoms with Gasteiger partial charge >= 0.3 is 5.97 Å². The van der Waals surface area contributed by atoms with Gasteiger partial charge in [0, 0.05) is 31.9 Å². The van der Waals surface area contributed by atoms with Gasteiger partial charge < -0.3 is 9.64 Å². The normalized spacial score (nSPS) is 22.7. The second-order valence-electron chi connectivity index (χ2n) is 10.3. The van der Waals surface area contributed by atoms with Crippen molar-refractivity contribution in [1.29, 1.82) is 0 Å². The number of amides is 1. The number of hydrogen-bond donors (Lipinski definition) is 0. The average molecular weight is 509 g/mol. The van der Waals surface area contributed by atoms with E-state index in [2.05, 4.69) is 58.3 Å². The number of ether oxygens (including phenoxy) is 1. The molecule has 0 aromatic heterocycles. The van der Waals surface area contributed by atoms with Crippen LogP contribution in [-0.4, -0.2) is 54.8 Å². The van der Waals surface area contributed by atoms with E-state index in [0.717, 1.165) is 31.9 Å². The quantitative estimate of drug-likeness (QED) is 0.474. The first-order chi connectivity index (χ1) is 18.5. The van der Waals surface area contributed by atoms with E-state index in [1.807, 2.05) is 13.0 Å². The summed E-state index contributed by atoms with van der Waals surface area (Å²) in [5.74, 6) is -0.381. The summed E-state index contributed by atoms with van der Waals surface area (Å²) >= 11 is 0. The highest BCUT2D eigenvalue weighted by Crippen LogP contribution is 2.48. The first-order valence-electron chi connectivity index (χ1n) is 13.3. The van der Waals surface area contributed by atoms with Crippen LogP contribution in [-0.2, 0) is 22.5 Å². The third kappa shape index (κ3) is 3.98. The molecule has 38 heavy (non-hydrogen) atoms. The smallest absolute Gasteiger partial charge is 0.338 e. The zero-order chi connectivity index (χ0) is 26.3. The number of piperazine rings is 1. The Labute approximate surface area is 223 Å². The number of esters is 1. The van der Waals surface area contributed by atoms with Gasteiger partial charge in [0.05, 0.1) is 29.6 Å². The molecule has 1 saturated heterocycles. The van der Waals surface area contributed by atoms with Gasteiger partial charge in [0.2, 0.25) is 0 Å². The fourth-order valence-corrected chi connectivity index (χ4v) is 6.24. The summed E-state index contributed by atoms with van der Waals surface area (Å²) in [7, 11) is 0. The number of benzene rings is 3. The Morgan fingerprint density at radius 1 is 1.00 bits per heavy atom. The molecule has 6 rings (SSSR count). The Bertz CT molecular complexity index is 1390. The van der Waals surface area contributed by atoms with Gasteiger partial charge in [-0.15, -0.1) is 0 Å². The molecule has 3 heterocycles. The molecule has 1 spiro atoms. The van der Waals surface area contributed by atoms with Crippen LogP contribution >= 0.6 is 0 Å². The second-order valence-corrected chi connectivity index (χ2v) is 10.3. The molecular formula is C31H32N4O3. The van der Waals surface area contributed by atoms with E-state index in [9.17, 15) is 9.59 Å². The van der Waals surface area contributed by atoms with Crippen molar-refractivity contribution >= 4 is 29.0 Å². The average Bonchev–Trinajstić information content (AvgIpc) is 3.19. The molecule has 2 atom stereocenters. The molecule has 1 amide bonds. The van der Waals surface area contributed by atoms with Crippen molar-refractivity contribution in [3.05, 3.63) is 95.6 Å². The molecule has 0 N–H and O–H groups in total. The molecule has 3 aromatic rings. The van der Waals surface area contributed by atoms with E-state index in [4.69, 9.17) is 9.84 Å². The van der Waals surface area contributed by atoms with Crippen LogP contribution in [0, 0.1) is 5.41 Å². The molecule has 3 aromatic carbocycles. The second kappa shape index (κ2) is 9.72. The van der Waals surface area contributed by atoms with Crippen molar-refractivity contribution in [3.8, 4) is 0 Å². The lowest BCUT2D eigenvalue weighted by Crippen LogP contribution is -2.66. The van der Waals surface area contributed by atoms with Crippen molar-refractivity contribution in [2.45, 2.75) is 32.9 Å². The summed E-state index contributed by atoms with van der Waals surface area (Å²) in [6.07, 6.45) is 0.620. The Morgan fingerprint density at radius 3 is 2.50 bits per heavy atom. The number of rotatable bonds is 5. The molecule has 0 saturated carbocycles. The number of nitrogens with zero attached hydrogens (tertiary/aromatic N) is 4. The molecule has 3 aliphatic rings. The number of hydrazone groups is 1. The van der Waals surface area contributed by atoms with E-state index in [1.165, 1.54) is 21.8 Å². The highest BCUT2D eigenvalue weighted by Gasteiger charge is 2.59. The molecule has 7 nitrogen and oxygen atoms in total. The molecule has 1 fully saturated rings. The fraction of sp³-hybridized carbons (Fsp3) is 0.323. The van der Waals surface area contributed by atoms with Gasteiger partial charge in [-0.25, -0.2) is 4.79 Å². The highest BCUT2D eigenvalue weighted by molar-refractivity contribution is 6.20. The first kappa shape index (κ1) is 24.4. The zero-order valence-corrected chi connectivity index (χ0v) is 21.8. The maximum Gasteiger partial charge on any atom is 0.338 e. The van der Waals surface area contributed by atoms with Gasteiger partial charge in [0.15, 0.2) is 0 Å². The molecule has 3 aliphatic heterocycles. The zero-order valence-electron chi connectivity index (χ0n) is 21.8. The van der Waals surface area contributed by atoms with E-state index in [-0.39, 0.29) is 17.9 Å². The number of carbonyl (C=O) groups is 2. The fourth-order valence-electron chi connectivity index (χ4n) is 6.24. The minimum atomic E-state index is -0.760. The van der Waals surface area contributed by atoms with E-state index >= 15 is 0 Å². The molecule has 0 radical (unpaired) electrons. The van der Waals surface area contributed by atoms with Crippen LogP contribution < -0.4 is 9.91 Å². The van der Waals surface area contributed by atoms with Gasteiger partial charge in [0.25, 0.3) is 5.91 Å². The van der Waals surface area contributed by atoms with Crippen LogP contribution in [0.25, 0.3) is 0 Å². The van der Waals surface area contributed by atoms with Crippen LogP contribution in [0.4, 0.5) is 11.4 Å². The molecule has 0 unspecified atom stereocenters. The van der Waals surface area contributed by atoms with Crippen molar-refractivity contribution in [1.82, 2.24) is 4.90 Å². The van der Waals surface area contributed by atoms with Crippen LogP contribution in [0.5, 0.6) is 0 Å². The van der Waals surface area contributed by atoms with E-state index in [0.29, 0.717) is 24.3 Å². The minimum Gasteiger partial charge on any atom is -0.462 e. The number of anilines is 2. The van der Waals surface area contributed by atoms with Gasteiger partial charge in [0.1, 0.15) is 5.41 Å². The molecule has 7 heteroatoms. The summed E-state index contributed by atoms with van der Waals surface area (Å²) in [6.45, 7) is 7.50. The van der Waals surface area contributed by atoms with E-state index in [1.54, 1.807) is 31.2 Å². The summed E-state index contributed by atoms with van der Waals surface area (Å²) in [4.78, 5) is 31.4. The third-order valence-corrected chi connectivity index (χ3v) is 8.15. The number of carbonyl (C=O) groups excluding carboxylic acids is 2. The monoisotopic (exact) mass is 508 g/mol. The van der Waals surface area contributed by atoms with Crippen molar-refractivity contribution in [3.63, 3.8) is 0 Å². The van der Waals surface area contributed by atoms with Gasteiger partial charge in [-0.3, -0.25) is 9.69 Å². The largest absolute Gasteiger partial charge is 0.462 e. The van der Waals surface area contributed by atoms with Crippen molar-refractivity contribution < 1.29 is 14.3 Å². The van der Waals surface area contributed by atoms with Crippen LogP contribution in [0.3, 0.4) is 0 Å². The number of fused-ring (bicyclic) bond motifs is 4. The lowest BCUT2D eigenvalue weighted by Gasteiger charge is -2.53. The minimum absolute atomic E-state index is 0.00931. The van der Waals surface area contributed by atoms with Crippen LogP contribution in [0.15, 0.2) is 84.0 Å². The summed E-state index contributed by atoms with van der Waals surface area (Å²) in [6, 6.07) is 25.9. The summed E-state index contributed by atoms with van der Waals surface area (Å²) < 4.78 is 5.11. The Balaban J connectivity index is 1.34. The third-order valence-electron chi connectivity index (χ3n) is 8.15. The molecule has 194 valence electrons. The van der Waals surface area contributed by atoms with Crippen LogP contribution in [0.1, 0.15) is 35.3 Å². The molecule has 0 bridgehead atoms. The number of para-hydroxylation sites is 1. The Morgan fingerprint density at radius 2 is 1.74 bits per heavy atom. The maximum atomic E-state index is 14.4. The lowest BCUT2D eigenvalue weighted by atomic mass is 9.67. The van der Waals surface area contributed by atoms with Gasteiger partial charge in [-0.2, -0.15) is 10.1 Å². The van der Waals surface area contributed by atoms with E-state index < -0.39 is 5.41 Å². The summed E-state index contributed by atoms with van der Waals surface area (Å²) in [5.41, 5.74) is 4.87. The Kier molecular flexibility index (Phi) is 6.24. The van der Waals surface area contributed by atoms with Gasteiger partial charge in [-0.05, 0) is 61.7 Å². The predicted molar refractivity (Wildman–Crippen MR) is 148 cm³/mol. The lowest BCUT2D eigenvalue weighted by molar-refractivity contribution is -0.125. The standard InChI is InChI=1S/C31H32N4O3/c1-3-38-29(36)24-13-15-26(16-14-24)35-30(37)31(22(2)32-35)19-25-11-7-8-12-27(25)34-18-17-33(21-28(31)34)20-23-9-5-4-6-10-23/h4-16,28H,3,17-21H2,1-2H3/t28-,31-/m1/s1. The maximum absolute atomic E-state index is 14.4. The van der Waals surface area contributed by atoms with Crippen LogP contribution in [0.2, 0.25) is 0 Å². The van der Waals surface area contributed by atoms with Crippen molar-refractivity contribution in [2.24, 2.45) is 10.5 Å². The molecule has 0 aliphatic carbocycles. The molecular weight excluding hydrogens is 476 g/mol. The summed E-state index contributed by atoms with van der Waals surface area (Å²) in [5, 5.41) is 6.37. The van der Waals surface area contributed by atoms with Crippen molar-refractivity contribution in [2.75, 3.05) is 36.1 Å². The predicted octanol–water partition coefficient (Wildman–Crippen LogP) is 4.52. The van der Waals surface area contributed by atoms with Gasteiger partial charge in [-0.1, -0.05) is 48.5 Å². The number of hydrogen-bond acceptors (Lipinski definition) is 6. The topological polar surface area (TPSA) is 65.5 Å². The SMILES string of the molecule is CCOC(=O)c1ccc(N2N=C(C)[C@@]3(Cc4ccccc4N4CCN(Cc5ccccc5)C[C@@H]43)C2=O)cc1. The Hall–Kier alpha value is -3.97. The first-order valence-corrected chi connectivity index (χ1v) is 13.3. The highest BCUT2D eigenvalue weighted by atomic mass is 16.5.